The number of hydrogen-bond acceptors (Lipinski definition) is 3. The van der Waals surface area contributed by atoms with Crippen LogP contribution < -0.4 is 5.32 Å². The minimum absolute atomic E-state index is 0.147. The smallest absolute Gasteiger partial charge is 0.269 e. The first-order valence-electron chi connectivity index (χ1n) is 6.51. The van der Waals surface area contributed by atoms with E-state index >= 15 is 0 Å². The highest BCUT2D eigenvalue weighted by Gasteiger charge is 2.15. The maximum atomic E-state index is 10.7. The number of anilines is 1. The quantitative estimate of drug-likeness (QED) is 0.609. The van der Waals surface area contributed by atoms with Gasteiger partial charge in [-0.15, -0.1) is 0 Å². The second-order valence-corrected chi connectivity index (χ2v) is 4.77. The highest BCUT2D eigenvalue weighted by atomic mass is 16.6. The Bertz CT molecular complexity index is 414. The lowest BCUT2D eigenvalue weighted by molar-refractivity contribution is -0.384. The molecule has 4 nitrogen and oxygen atoms in total. The van der Waals surface area contributed by atoms with Crippen LogP contribution in [-0.2, 0) is 0 Å². The van der Waals surface area contributed by atoms with Gasteiger partial charge in [0.25, 0.3) is 5.69 Å². The van der Waals surface area contributed by atoms with Crippen molar-refractivity contribution in [2.45, 2.75) is 46.6 Å². The van der Waals surface area contributed by atoms with E-state index in [1.807, 2.05) is 6.92 Å². The number of rotatable bonds is 6. The topological polar surface area (TPSA) is 55.2 Å². The summed E-state index contributed by atoms with van der Waals surface area (Å²) < 4.78 is 0. The molecule has 0 aliphatic carbocycles. The summed E-state index contributed by atoms with van der Waals surface area (Å²) in [5.74, 6) is 0.625. The molecule has 1 aromatic rings. The Labute approximate surface area is 109 Å². The van der Waals surface area contributed by atoms with Crippen molar-refractivity contribution < 1.29 is 4.92 Å². The van der Waals surface area contributed by atoms with Crippen LogP contribution in [0.3, 0.4) is 0 Å². The van der Waals surface area contributed by atoms with Crippen LogP contribution in [-0.4, -0.2) is 11.0 Å². The van der Waals surface area contributed by atoms with Crippen molar-refractivity contribution in [3.63, 3.8) is 0 Å². The molecule has 0 aliphatic rings. The van der Waals surface area contributed by atoms with Crippen molar-refractivity contribution in [3.05, 3.63) is 33.9 Å². The molecule has 0 saturated heterocycles. The van der Waals surface area contributed by atoms with Gasteiger partial charge in [0.2, 0.25) is 0 Å². The molecule has 0 spiro atoms. The maximum Gasteiger partial charge on any atom is 0.269 e. The molecule has 1 aromatic carbocycles. The van der Waals surface area contributed by atoms with Crippen LogP contribution in [0.1, 0.15) is 39.2 Å². The summed E-state index contributed by atoms with van der Waals surface area (Å²) in [5.41, 5.74) is 2.05. The summed E-state index contributed by atoms with van der Waals surface area (Å²) >= 11 is 0. The predicted octanol–water partition coefficient (Wildman–Crippen LogP) is 4.14. The van der Waals surface area contributed by atoms with E-state index in [1.54, 1.807) is 18.2 Å². The van der Waals surface area contributed by atoms with Crippen LogP contribution in [0.4, 0.5) is 11.4 Å². The standard InChI is InChI=1S/C14H22N2O2/c1-5-12(6-2)11(4)15-14-8-7-13(16(17)18)9-10(14)3/h7-9,11-12,15H,5-6H2,1-4H3. The first kappa shape index (κ1) is 14.5. The zero-order valence-electron chi connectivity index (χ0n) is 11.6. The molecular formula is C14H22N2O2. The van der Waals surface area contributed by atoms with Crippen LogP contribution in [0.15, 0.2) is 18.2 Å². The van der Waals surface area contributed by atoms with Gasteiger partial charge < -0.3 is 5.32 Å². The molecule has 1 rings (SSSR count). The number of aryl methyl sites for hydroxylation is 1. The minimum atomic E-state index is -0.360. The summed E-state index contributed by atoms with van der Waals surface area (Å²) in [5, 5.41) is 14.1. The van der Waals surface area contributed by atoms with Crippen molar-refractivity contribution >= 4 is 11.4 Å². The van der Waals surface area contributed by atoms with Crippen molar-refractivity contribution in [1.82, 2.24) is 0 Å². The molecule has 0 saturated carbocycles. The van der Waals surface area contributed by atoms with E-state index in [0.717, 1.165) is 24.1 Å². The van der Waals surface area contributed by atoms with Gasteiger partial charge in [0.1, 0.15) is 0 Å². The summed E-state index contributed by atoms with van der Waals surface area (Å²) in [7, 11) is 0. The average molecular weight is 250 g/mol. The first-order chi connectivity index (χ1) is 8.49. The molecule has 1 N–H and O–H groups in total. The minimum Gasteiger partial charge on any atom is -0.382 e. The monoisotopic (exact) mass is 250 g/mol. The van der Waals surface area contributed by atoms with Gasteiger partial charge in [0.05, 0.1) is 4.92 Å². The average Bonchev–Trinajstić information content (AvgIpc) is 2.33. The van der Waals surface area contributed by atoms with E-state index in [-0.39, 0.29) is 10.6 Å². The molecule has 0 fully saturated rings. The fraction of sp³-hybridized carbons (Fsp3) is 0.571. The molecule has 0 heterocycles. The maximum absolute atomic E-state index is 10.7. The van der Waals surface area contributed by atoms with E-state index in [0.29, 0.717) is 12.0 Å². The van der Waals surface area contributed by atoms with Gasteiger partial charge in [-0.1, -0.05) is 26.7 Å². The Morgan fingerprint density at radius 1 is 1.33 bits per heavy atom. The van der Waals surface area contributed by atoms with E-state index in [2.05, 4.69) is 26.1 Å². The number of nitrogens with zero attached hydrogens (tertiary/aromatic N) is 1. The van der Waals surface area contributed by atoms with Gasteiger partial charge in [-0.05, 0) is 31.4 Å². The third kappa shape index (κ3) is 3.45. The van der Waals surface area contributed by atoms with E-state index in [9.17, 15) is 10.1 Å². The summed E-state index contributed by atoms with van der Waals surface area (Å²) in [6, 6.07) is 5.34. The Kier molecular flexibility index (Phi) is 5.13. The van der Waals surface area contributed by atoms with E-state index < -0.39 is 0 Å². The lowest BCUT2D eigenvalue weighted by Gasteiger charge is -2.24. The molecule has 0 aromatic heterocycles. The van der Waals surface area contributed by atoms with Crippen LogP contribution in [0.25, 0.3) is 0 Å². The Balaban J connectivity index is 2.82. The molecule has 4 heteroatoms. The van der Waals surface area contributed by atoms with Gasteiger partial charge in [0.15, 0.2) is 0 Å². The zero-order valence-corrected chi connectivity index (χ0v) is 11.6. The fourth-order valence-electron chi connectivity index (χ4n) is 2.28. The molecule has 0 bridgehead atoms. The highest BCUT2D eigenvalue weighted by Crippen LogP contribution is 2.24. The molecule has 0 amide bonds. The van der Waals surface area contributed by atoms with Gasteiger partial charge >= 0.3 is 0 Å². The molecule has 18 heavy (non-hydrogen) atoms. The molecule has 1 atom stereocenters. The van der Waals surface area contributed by atoms with Crippen molar-refractivity contribution in [2.24, 2.45) is 5.92 Å². The second kappa shape index (κ2) is 6.38. The highest BCUT2D eigenvalue weighted by molar-refractivity contribution is 5.55. The zero-order chi connectivity index (χ0) is 13.7. The number of nitrogens with one attached hydrogen (secondary N) is 1. The SMILES string of the molecule is CCC(CC)C(C)Nc1ccc([N+](=O)[O-])cc1C. The number of benzene rings is 1. The molecule has 0 radical (unpaired) electrons. The van der Waals surface area contributed by atoms with Crippen LogP contribution in [0.5, 0.6) is 0 Å². The number of nitro groups is 1. The normalized spacial score (nSPS) is 12.5. The second-order valence-electron chi connectivity index (χ2n) is 4.77. The number of hydrogen-bond donors (Lipinski definition) is 1. The number of nitro benzene ring substituents is 1. The fourth-order valence-corrected chi connectivity index (χ4v) is 2.28. The predicted molar refractivity (Wildman–Crippen MR) is 75.0 cm³/mol. The van der Waals surface area contributed by atoms with Gasteiger partial charge in [0, 0.05) is 23.9 Å². The molecule has 1 unspecified atom stereocenters. The van der Waals surface area contributed by atoms with Gasteiger partial charge in [-0.25, -0.2) is 0 Å². The van der Waals surface area contributed by atoms with Crippen molar-refractivity contribution in [3.8, 4) is 0 Å². The van der Waals surface area contributed by atoms with Gasteiger partial charge in [-0.3, -0.25) is 10.1 Å². The molecule has 100 valence electrons. The first-order valence-corrected chi connectivity index (χ1v) is 6.51. The Morgan fingerprint density at radius 2 is 1.94 bits per heavy atom. The van der Waals surface area contributed by atoms with E-state index in [4.69, 9.17) is 0 Å². The lowest BCUT2D eigenvalue weighted by atomic mass is 9.95. The van der Waals surface area contributed by atoms with Crippen LogP contribution in [0, 0.1) is 23.0 Å². The Hall–Kier alpha value is -1.58. The third-order valence-electron chi connectivity index (χ3n) is 3.56. The van der Waals surface area contributed by atoms with Crippen LogP contribution in [0.2, 0.25) is 0 Å². The van der Waals surface area contributed by atoms with E-state index in [1.165, 1.54) is 0 Å². The van der Waals surface area contributed by atoms with Crippen molar-refractivity contribution in [1.29, 1.82) is 0 Å². The van der Waals surface area contributed by atoms with Crippen molar-refractivity contribution in [2.75, 3.05) is 5.32 Å². The van der Waals surface area contributed by atoms with Crippen LogP contribution >= 0.6 is 0 Å². The third-order valence-corrected chi connectivity index (χ3v) is 3.56. The number of non-ortho nitro benzene ring substituents is 1. The summed E-state index contributed by atoms with van der Waals surface area (Å²) in [6.07, 6.45) is 2.27. The lowest BCUT2D eigenvalue weighted by Crippen LogP contribution is -2.25. The summed E-state index contributed by atoms with van der Waals surface area (Å²) in [6.45, 7) is 8.44. The molecule has 0 aliphatic heterocycles. The summed E-state index contributed by atoms with van der Waals surface area (Å²) in [4.78, 5) is 10.3. The Morgan fingerprint density at radius 3 is 2.39 bits per heavy atom. The van der Waals surface area contributed by atoms with Gasteiger partial charge in [-0.2, -0.15) is 0 Å². The largest absolute Gasteiger partial charge is 0.382 e. The molecular weight excluding hydrogens is 228 g/mol.